The second kappa shape index (κ2) is 7.67. The van der Waals surface area contributed by atoms with Crippen LogP contribution in [0.2, 0.25) is 5.02 Å². The first-order valence-corrected chi connectivity index (χ1v) is 9.00. The molecule has 0 aliphatic heterocycles. The molecule has 0 N–H and O–H groups in total. The molecule has 25 heavy (non-hydrogen) atoms. The van der Waals surface area contributed by atoms with Gasteiger partial charge >= 0.3 is 0 Å². The van der Waals surface area contributed by atoms with Crippen molar-refractivity contribution >= 4 is 29.1 Å². The van der Waals surface area contributed by atoms with Crippen LogP contribution in [0.15, 0.2) is 53.7 Å². The summed E-state index contributed by atoms with van der Waals surface area (Å²) in [5, 5.41) is 20.8. The molecule has 0 saturated heterocycles. The number of benzene rings is 2. The molecule has 0 amide bonds. The van der Waals surface area contributed by atoms with Gasteiger partial charge in [0.15, 0.2) is 11.0 Å². The first-order valence-electron chi connectivity index (χ1n) is 7.64. The van der Waals surface area contributed by atoms with Crippen LogP contribution < -0.4 is 0 Å². The highest BCUT2D eigenvalue weighted by atomic mass is 35.5. The molecule has 0 aliphatic rings. The van der Waals surface area contributed by atoms with Gasteiger partial charge in [0.25, 0.3) is 5.69 Å². The third-order valence-corrected chi connectivity index (χ3v) is 5.00. The monoisotopic (exact) mass is 374 g/mol. The Bertz CT molecular complexity index is 913. The van der Waals surface area contributed by atoms with Crippen molar-refractivity contribution < 1.29 is 4.92 Å². The minimum absolute atomic E-state index is 0.0896. The lowest BCUT2D eigenvalue weighted by Gasteiger charge is -2.08. The Balaban J connectivity index is 1.83. The molecule has 0 spiro atoms. The second-order valence-corrected chi connectivity index (χ2v) is 6.60. The standard InChI is InChI=1S/C17H15ClN4O2S/c1-2-21-16(14-8-3-4-9-15(14)18)19-20-17(21)25-11-12-6-5-7-13(10-12)22(23)24/h3-10H,2,11H2,1H3. The first kappa shape index (κ1) is 17.4. The topological polar surface area (TPSA) is 73.8 Å². The largest absolute Gasteiger partial charge is 0.302 e. The average Bonchev–Trinajstić information content (AvgIpc) is 3.03. The van der Waals surface area contributed by atoms with E-state index in [0.717, 1.165) is 22.1 Å². The van der Waals surface area contributed by atoms with Gasteiger partial charge < -0.3 is 4.57 Å². The van der Waals surface area contributed by atoms with E-state index in [9.17, 15) is 10.1 Å². The van der Waals surface area contributed by atoms with Crippen LogP contribution in [0.25, 0.3) is 11.4 Å². The summed E-state index contributed by atoms with van der Waals surface area (Å²) in [5.74, 6) is 1.29. The third-order valence-electron chi connectivity index (χ3n) is 3.64. The molecule has 1 aromatic heterocycles. The molecule has 0 unspecified atom stereocenters. The predicted octanol–water partition coefficient (Wildman–Crippen LogP) is 4.82. The van der Waals surface area contributed by atoms with Gasteiger partial charge in [-0.3, -0.25) is 10.1 Å². The summed E-state index contributed by atoms with van der Waals surface area (Å²) < 4.78 is 1.99. The van der Waals surface area contributed by atoms with Crippen molar-refractivity contribution in [1.29, 1.82) is 0 Å². The molecule has 8 heteroatoms. The van der Waals surface area contributed by atoms with Crippen molar-refractivity contribution in [2.24, 2.45) is 0 Å². The Hall–Kier alpha value is -2.38. The van der Waals surface area contributed by atoms with E-state index in [2.05, 4.69) is 10.2 Å². The summed E-state index contributed by atoms with van der Waals surface area (Å²) in [6.07, 6.45) is 0. The maximum absolute atomic E-state index is 10.9. The Kier molecular flexibility index (Phi) is 5.35. The number of hydrogen-bond donors (Lipinski definition) is 0. The highest BCUT2D eigenvalue weighted by Gasteiger charge is 2.15. The summed E-state index contributed by atoms with van der Waals surface area (Å²) in [6.45, 7) is 2.71. The summed E-state index contributed by atoms with van der Waals surface area (Å²) in [7, 11) is 0. The van der Waals surface area contributed by atoms with E-state index in [1.807, 2.05) is 41.8 Å². The summed E-state index contributed by atoms with van der Waals surface area (Å²) >= 11 is 7.76. The Morgan fingerprint density at radius 2 is 2.00 bits per heavy atom. The van der Waals surface area contributed by atoms with E-state index in [-0.39, 0.29) is 5.69 Å². The molecule has 0 saturated carbocycles. The maximum Gasteiger partial charge on any atom is 0.269 e. The predicted molar refractivity (Wildman–Crippen MR) is 98.8 cm³/mol. The lowest BCUT2D eigenvalue weighted by Crippen LogP contribution is -2.00. The molecule has 3 rings (SSSR count). The number of nitro groups is 1. The van der Waals surface area contributed by atoms with Crippen molar-refractivity contribution in [3.05, 3.63) is 69.2 Å². The number of thioether (sulfide) groups is 1. The average molecular weight is 375 g/mol. The molecular weight excluding hydrogens is 360 g/mol. The zero-order chi connectivity index (χ0) is 17.8. The maximum atomic E-state index is 10.9. The molecule has 3 aromatic rings. The fourth-order valence-corrected chi connectivity index (χ4v) is 3.60. The normalized spacial score (nSPS) is 10.8. The quantitative estimate of drug-likeness (QED) is 0.351. The van der Waals surface area contributed by atoms with E-state index in [0.29, 0.717) is 17.3 Å². The lowest BCUT2D eigenvalue weighted by molar-refractivity contribution is -0.384. The van der Waals surface area contributed by atoms with Crippen LogP contribution in [-0.4, -0.2) is 19.7 Å². The number of nitrogens with zero attached hydrogens (tertiary/aromatic N) is 4. The van der Waals surface area contributed by atoms with Crippen molar-refractivity contribution in [3.8, 4) is 11.4 Å². The summed E-state index contributed by atoms with van der Waals surface area (Å²) in [5.41, 5.74) is 1.79. The molecule has 0 aliphatic carbocycles. The van der Waals surface area contributed by atoms with E-state index in [1.54, 1.807) is 12.1 Å². The van der Waals surface area contributed by atoms with E-state index >= 15 is 0 Å². The first-order chi connectivity index (χ1) is 12.1. The molecule has 0 radical (unpaired) electrons. The summed E-state index contributed by atoms with van der Waals surface area (Å²) in [4.78, 5) is 10.5. The molecule has 0 atom stereocenters. The van der Waals surface area contributed by atoms with Crippen LogP contribution >= 0.6 is 23.4 Å². The number of aromatic nitrogens is 3. The van der Waals surface area contributed by atoms with Crippen LogP contribution in [0.4, 0.5) is 5.69 Å². The van der Waals surface area contributed by atoms with Crippen LogP contribution in [0.3, 0.4) is 0 Å². The molecule has 0 bridgehead atoms. The van der Waals surface area contributed by atoms with Gasteiger partial charge in [-0.2, -0.15) is 0 Å². The van der Waals surface area contributed by atoms with E-state index in [4.69, 9.17) is 11.6 Å². The van der Waals surface area contributed by atoms with Gasteiger partial charge in [0.2, 0.25) is 0 Å². The van der Waals surface area contributed by atoms with Gasteiger partial charge in [-0.05, 0) is 24.6 Å². The van der Waals surface area contributed by atoms with Crippen molar-refractivity contribution in [3.63, 3.8) is 0 Å². The van der Waals surface area contributed by atoms with Gasteiger partial charge in [0.1, 0.15) is 0 Å². The second-order valence-electron chi connectivity index (χ2n) is 5.25. The SMILES string of the molecule is CCn1c(SCc2cccc([N+](=O)[O-])c2)nnc1-c1ccccc1Cl. The number of non-ortho nitro benzene ring substituents is 1. The van der Waals surface area contributed by atoms with Crippen LogP contribution in [0.5, 0.6) is 0 Å². The highest BCUT2D eigenvalue weighted by molar-refractivity contribution is 7.98. The molecule has 1 heterocycles. The number of rotatable bonds is 6. The Morgan fingerprint density at radius 3 is 2.72 bits per heavy atom. The molecule has 2 aromatic carbocycles. The zero-order valence-electron chi connectivity index (χ0n) is 13.4. The summed E-state index contributed by atoms with van der Waals surface area (Å²) in [6, 6.07) is 14.1. The molecule has 0 fully saturated rings. The van der Waals surface area contributed by atoms with Crippen LogP contribution in [-0.2, 0) is 12.3 Å². The number of hydrogen-bond acceptors (Lipinski definition) is 5. The van der Waals surface area contributed by atoms with Crippen LogP contribution in [0.1, 0.15) is 12.5 Å². The fraction of sp³-hybridized carbons (Fsp3) is 0.176. The van der Waals surface area contributed by atoms with Gasteiger partial charge in [-0.1, -0.05) is 47.6 Å². The number of nitro benzene ring substituents is 1. The molecule has 6 nitrogen and oxygen atoms in total. The van der Waals surface area contributed by atoms with E-state index < -0.39 is 4.92 Å². The molecule has 128 valence electrons. The minimum Gasteiger partial charge on any atom is -0.302 e. The van der Waals surface area contributed by atoms with Crippen molar-refractivity contribution in [2.45, 2.75) is 24.4 Å². The highest BCUT2D eigenvalue weighted by Crippen LogP contribution is 2.30. The lowest BCUT2D eigenvalue weighted by atomic mass is 10.2. The van der Waals surface area contributed by atoms with Gasteiger partial charge in [-0.15, -0.1) is 10.2 Å². The minimum atomic E-state index is -0.391. The van der Waals surface area contributed by atoms with Crippen LogP contribution in [0, 0.1) is 10.1 Å². The van der Waals surface area contributed by atoms with E-state index in [1.165, 1.54) is 17.8 Å². The third kappa shape index (κ3) is 3.83. The van der Waals surface area contributed by atoms with Gasteiger partial charge in [0, 0.05) is 30.0 Å². The van der Waals surface area contributed by atoms with Gasteiger partial charge in [-0.25, -0.2) is 0 Å². The zero-order valence-corrected chi connectivity index (χ0v) is 15.0. The Morgan fingerprint density at radius 1 is 1.20 bits per heavy atom. The molecular formula is C17H15ClN4O2S. The van der Waals surface area contributed by atoms with Crippen molar-refractivity contribution in [2.75, 3.05) is 0 Å². The van der Waals surface area contributed by atoms with Gasteiger partial charge in [0.05, 0.1) is 9.95 Å². The fourth-order valence-electron chi connectivity index (χ4n) is 2.43. The Labute approximate surface area is 154 Å². The van der Waals surface area contributed by atoms with Crippen molar-refractivity contribution in [1.82, 2.24) is 14.8 Å². The number of halogens is 1. The smallest absolute Gasteiger partial charge is 0.269 e.